The number of nitrogens with zero attached hydrogens (tertiary/aromatic N) is 3. The zero-order valence-corrected chi connectivity index (χ0v) is 18.1. The number of nitrogens with two attached hydrogens (primary N) is 1. The van der Waals surface area contributed by atoms with Crippen LogP contribution in [0.4, 0.5) is 5.69 Å². The largest absolute Gasteiger partial charge is 0.462 e. The number of piperazine rings is 1. The number of furan rings is 1. The van der Waals surface area contributed by atoms with Crippen molar-refractivity contribution in [2.75, 3.05) is 38.1 Å². The molecule has 6 heteroatoms. The number of pyridine rings is 1. The third-order valence-corrected chi connectivity index (χ3v) is 6.10. The van der Waals surface area contributed by atoms with Gasteiger partial charge in [0.05, 0.1) is 6.42 Å². The minimum Gasteiger partial charge on any atom is -0.462 e. The molecule has 32 heavy (non-hydrogen) atoms. The number of hydrogen-bond donors (Lipinski definition) is 1. The quantitative estimate of drug-likeness (QED) is 0.523. The summed E-state index contributed by atoms with van der Waals surface area (Å²) in [6, 6.07) is 18.5. The van der Waals surface area contributed by atoms with Crippen LogP contribution in [0.1, 0.15) is 5.56 Å². The molecule has 0 unspecified atom stereocenters. The monoisotopic (exact) mass is 426 g/mol. The third kappa shape index (κ3) is 4.09. The van der Waals surface area contributed by atoms with Crippen molar-refractivity contribution in [3.05, 3.63) is 72.6 Å². The fourth-order valence-corrected chi connectivity index (χ4v) is 4.26. The first-order valence-electron chi connectivity index (χ1n) is 10.9. The summed E-state index contributed by atoms with van der Waals surface area (Å²) in [5.74, 6) is -0.347. The van der Waals surface area contributed by atoms with Gasteiger partial charge in [-0.15, -0.1) is 0 Å². The molecule has 162 valence electrons. The molecule has 0 bridgehead atoms. The van der Waals surface area contributed by atoms with Gasteiger partial charge in [0.2, 0.25) is 5.91 Å². The molecule has 3 heterocycles. The van der Waals surface area contributed by atoms with Crippen LogP contribution in [0, 0.1) is 0 Å². The highest BCUT2D eigenvalue weighted by Crippen LogP contribution is 2.32. The third-order valence-electron chi connectivity index (χ3n) is 6.10. The number of amides is 1. The highest BCUT2D eigenvalue weighted by Gasteiger charge is 2.15. The lowest BCUT2D eigenvalue weighted by Gasteiger charge is -2.34. The number of anilines is 1. The van der Waals surface area contributed by atoms with Gasteiger partial charge in [0.25, 0.3) is 0 Å². The Morgan fingerprint density at radius 1 is 1.00 bits per heavy atom. The van der Waals surface area contributed by atoms with Crippen LogP contribution >= 0.6 is 0 Å². The molecule has 0 atom stereocenters. The standard InChI is InChI=1S/C26H26N4O2/c1-29-9-11-30(12-10-29)22-7-5-19(6-8-22)21-15-24-26(28-16-21)23(17-32-24)20-4-2-3-18(13-20)14-25(27)31/h2-8,13,15-17H,9-12,14H2,1H3,(H2,27,31). The molecule has 0 aliphatic carbocycles. The summed E-state index contributed by atoms with van der Waals surface area (Å²) in [4.78, 5) is 20.8. The van der Waals surface area contributed by atoms with Crippen LogP contribution in [-0.4, -0.2) is 49.0 Å². The molecular formula is C26H26N4O2. The summed E-state index contributed by atoms with van der Waals surface area (Å²) in [5, 5.41) is 0. The van der Waals surface area contributed by atoms with E-state index in [-0.39, 0.29) is 12.3 Å². The minimum atomic E-state index is -0.347. The second-order valence-electron chi connectivity index (χ2n) is 8.40. The van der Waals surface area contributed by atoms with E-state index in [1.807, 2.05) is 36.5 Å². The number of likely N-dealkylation sites (N-methyl/N-ethyl adjacent to an activating group) is 1. The molecule has 5 rings (SSSR count). The molecule has 1 aliphatic rings. The zero-order chi connectivity index (χ0) is 22.1. The fraction of sp³-hybridized carbons (Fsp3) is 0.231. The second-order valence-corrected chi connectivity index (χ2v) is 8.40. The smallest absolute Gasteiger partial charge is 0.221 e. The lowest BCUT2D eigenvalue weighted by Crippen LogP contribution is -2.44. The Bertz CT molecular complexity index is 1250. The van der Waals surface area contributed by atoms with Gasteiger partial charge in [0.15, 0.2) is 5.58 Å². The average Bonchev–Trinajstić information content (AvgIpc) is 3.23. The molecule has 0 radical (unpaired) electrons. The normalized spacial score (nSPS) is 14.7. The summed E-state index contributed by atoms with van der Waals surface area (Å²) < 4.78 is 5.85. The number of benzene rings is 2. The molecule has 2 aromatic carbocycles. The lowest BCUT2D eigenvalue weighted by atomic mass is 10.0. The number of carbonyl (C=O) groups is 1. The van der Waals surface area contributed by atoms with Crippen LogP contribution in [0.3, 0.4) is 0 Å². The van der Waals surface area contributed by atoms with Crippen LogP contribution in [0.15, 0.2) is 71.5 Å². The van der Waals surface area contributed by atoms with E-state index in [2.05, 4.69) is 41.1 Å². The van der Waals surface area contributed by atoms with Gasteiger partial charge in [-0.1, -0.05) is 36.4 Å². The number of rotatable bonds is 5. The summed E-state index contributed by atoms with van der Waals surface area (Å²) in [6.45, 7) is 4.29. The van der Waals surface area contributed by atoms with Crippen LogP contribution in [0.25, 0.3) is 33.4 Å². The first kappa shape index (κ1) is 20.3. The van der Waals surface area contributed by atoms with Crippen molar-refractivity contribution in [2.24, 2.45) is 5.73 Å². The Labute approximate surface area is 187 Å². The minimum absolute atomic E-state index is 0.214. The van der Waals surface area contributed by atoms with Crippen molar-refractivity contribution in [3.63, 3.8) is 0 Å². The van der Waals surface area contributed by atoms with E-state index in [1.54, 1.807) is 6.26 Å². The van der Waals surface area contributed by atoms with E-state index in [9.17, 15) is 4.79 Å². The maximum absolute atomic E-state index is 11.3. The van der Waals surface area contributed by atoms with Crippen LogP contribution in [0.5, 0.6) is 0 Å². The highest BCUT2D eigenvalue weighted by atomic mass is 16.3. The Morgan fingerprint density at radius 2 is 1.78 bits per heavy atom. The number of fused-ring (bicyclic) bond motifs is 1. The fourth-order valence-electron chi connectivity index (χ4n) is 4.26. The van der Waals surface area contributed by atoms with Gasteiger partial charge in [-0.25, -0.2) is 0 Å². The van der Waals surface area contributed by atoms with Gasteiger partial charge >= 0.3 is 0 Å². The molecular weight excluding hydrogens is 400 g/mol. The van der Waals surface area contributed by atoms with Crippen molar-refractivity contribution in [2.45, 2.75) is 6.42 Å². The van der Waals surface area contributed by atoms with Crippen molar-refractivity contribution < 1.29 is 9.21 Å². The predicted octanol–water partition coefficient (Wildman–Crippen LogP) is 3.94. The van der Waals surface area contributed by atoms with Gasteiger partial charge < -0.3 is 20.0 Å². The summed E-state index contributed by atoms with van der Waals surface area (Å²) >= 11 is 0. The van der Waals surface area contributed by atoms with Crippen molar-refractivity contribution in [1.29, 1.82) is 0 Å². The Hall–Kier alpha value is -3.64. The number of aromatic nitrogens is 1. The summed E-state index contributed by atoms with van der Waals surface area (Å²) in [7, 11) is 2.17. The Morgan fingerprint density at radius 3 is 2.53 bits per heavy atom. The molecule has 1 amide bonds. The molecule has 1 fully saturated rings. The van der Waals surface area contributed by atoms with E-state index in [1.165, 1.54) is 5.69 Å². The zero-order valence-electron chi connectivity index (χ0n) is 18.1. The SMILES string of the molecule is CN1CCN(c2ccc(-c3cnc4c(-c5cccc(CC(N)=O)c5)coc4c3)cc2)CC1. The topological polar surface area (TPSA) is 75.6 Å². The van der Waals surface area contributed by atoms with Gasteiger partial charge in [0.1, 0.15) is 11.8 Å². The Kier molecular flexibility index (Phi) is 5.37. The summed E-state index contributed by atoms with van der Waals surface area (Å²) in [6.07, 6.45) is 3.83. The molecule has 0 spiro atoms. The average molecular weight is 427 g/mol. The predicted molar refractivity (Wildman–Crippen MR) is 127 cm³/mol. The maximum atomic E-state index is 11.3. The first-order valence-corrected chi connectivity index (χ1v) is 10.9. The van der Waals surface area contributed by atoms with E-state index in [0.717, 1.165) is 65.1 Å². The maximum Gasteiger partial charge on any atom is 0.221 e. The number of primary amides is 1. The van der Waals surface area contributed by atoms with Gasteiger partial charge in [-0.05, 0) is 41.9 Å². The summed E-state index contributed by atoms with van der Waals surface area (Å²) in [5.41, 5.74) is 13.0. The highest BCUT2D eigenvalue weighted by molar-refractivity contribution is 5.92. The molecule has 0 saturated carbocycles. The van der Waals surface area contributed by atoms with Gasteiger partial charge in [0, 0.05) is 49.2 Å². The first-order chi connectivity index (χ1) is 15.6. The van der Waals surface area contributed by atoms with Gasteiger partial charge in [-0.2, -0.15) is 0 Å². The van der Waals surface area contributed by atoms with E-state index in [0.29, 0.717) is 0 Å². The molecule has 1 saturated heterocycles. The number of hydrogen-bond acceptors (Lipinski definition) is 5. The van der Waals surface area contributed by atoms with Crippen molar-refractivity contribution in [1.82, 2.24) is 9.88 Å². The molecule has 2 aromatic heterocycles. The van der Waals surface area contributed by atoms with E-state index >= 15 is 0 Å². The molecule has 4 aromatic rings. The lowest BCUT2D eigenvalue weighted by molar-refractivity contribution is -0.117. The Balaban J connectivity index is 1.40. The molecule has 1 aliphatic heterocycles. The van der Waals surface area contributed by atoms with E-state index < -0.39 is 0 Å². The molecule has 2 N–H and O–H groups in total. The van der Waals surface area contributed by atoms with Gasteiger partial charge in [-0.3, -0.25) is 9.78 Å². The number of carbonyl (C=O) groups excluding carboxylic acids is 1. The molecule has 6 nitrogen and oxygen atoms in total. The van der Waals surface area contributed by atoms with E-state index in [4.69, 9.17) is 15.1 Å². The van der Waals surface area contributed by atoms with Crippen LogP contribution in [-0.2, 0) is 11.2 Å². The van der Waals surface area contributed by atoms with Crippen LogP contribution < -0.4 is 10.6 Å². The van der Waals surface area contributed by atoms with Crippen molar-refractivity contribution >= 4 is 22.7 Å². The van der Waals surface area contributed by atoms with Crippen LogP contribution in [0.2, 0.25) is 0 Å². The second kappa shape index (κ2) is 8.48. The van der Waals surface area contributed by atoms with Crippen molar-refractivity contribution in [3.8, 4) is 22.3 Å².